The first-order chi connectivity index (χ1) is 11.0. The molecule has 0 spiro atoms. The molecule has 0 atom stereocenters. The third kappa shape index (κ3) is 3.15. The molecule has 0 bridgehead atoms. The number of nitrogens with zero attached hydrogens (tertiary/aromatic N) is 2. The number of aryl methyl sites for hydroxylation is 3. The molecule has 23 heavy (non-hydrogen) atoms. The molecular weight excluding hydrogens is 314 g/mol. The highest BCUT2D eigenvalue weighted by Gasteiger charge is 2.20. The maximum absolute atomic E-state index is 12.5. The lowest BCUT2D eigenvalue weighted by Crippen LogP contribution is -2.32. The number of hydrogen-bond acceptors (Lipinski definition) is 3. The molecule has 1 aromatic heterocycles. The number of fused-ring (bicyclic) bond motifs is 1. The van der Waals surface area contributed by atoms with Gasteiger partial charge in [0.1, 0.15) is 12.4 Å². The minimum Gasteiger partial charge on any atom is -0.324 e. The van der Waals surface area contributed by atoms with Crippen LogP contribution in [0.4, 0.5) is 5.69 Å². The molecule has 1 aliphatic rings. The van der Waals surface area contributed by atoms with Gasteiger partial charge in [-0.3, -0.25) is 14.2 Å². The number of rotatable bonds is 3. The number of hydrogen-bond donors (Lipinski definition) is 1. The Balaban J connectivity index is 1.84. The van der Waals surface area contributed by atoms with Crippen molar-refractivity contribution >= 4 is 23.2 Å². The van der Waals surface area contributed by atoms with Crippen LogP contribution in [0.2, 0.25) is 5.02 Å². The summed E-state index contributed by atoms with van der Waals surface area (Å²) in [5, 5.41) is 3.36. The fourth-order valence-electron chi connectivity index (χ4n) is 2.90. The topological polar surface area (TPSA) is 64.0 Å². The molecule has 6 heteroatoms. The molecule has 0 radical (unpaired) electrons. The zero-order valence-corrected chi connectivity index (χ0v) is 13.9. The molecule has 5 nitrogen and oxygen atoms in total. The molecule has 1 aromatic carbocycles. The summed E-state index contributed by atoms with van der Waals surface area (Å²) in [6.45, 7) is 3.61. The molecule has 0 unspecified atom stereocenters. The van der Waals surface area contributed by atoms with Gasteiger partial charge in [-0.15, -0.1) is 0 Å². The van der Waals surface area contributed by atoms with Gasteiger partial charge in [0.25, 0.3) is 5.56 Å². The van der Waals surface area contributed by atoms with Gasteiger partial charge in [-0.1, -0.05) is 17.7 Å². The van der Waals surface area contributed by atoms with E-state index in [9.17, 15) is 9.59 Å². The van der Waals surface area contributed by atoms with Crippen LogP contribution in [-0.2, 0) is 24.2 Å². The first-order valence-electron chi connectivity index (χ1n) is 7.61. The van der Waals surface area contributed by atoms with E-state index in [1.54, 1.807) is 19.1 Å². The van der Waals surface area contributed by atoms with Crippen LogP contribution in [0.25, 0.3) is 0 Å². The van der Waals surface area contributed by atoms with E-state index in [2.05, 4.69) is 10.3 Å². The Bertz CT molecular complexity index is 842. The maximum Gasteiger partial charge on any atom is 0.257 e. The van der Waals surface area contributed by atoms with Gasteiger partial charge in [-0.05, 0) is 50.8 Å². The molecule has 120 valence electrons. The number of carbonyl (C=O) groups excluding carboxylic acids is 1. The van der Waals surface area contributed by atoms with Gasteiger partial charge < -0.3 is 5.32 Å². The van der Waals surface area contributed by atoms with Crippen molar-refractivity contribution in [2.75, 3.05) is 5.32 Å². The van der Waals surface area contributed by atoms with Crippen molar-refractivity contribution in [3.8, 4) is 0 Å². The Labute approximate surface area is 139 Å². The average Bonchev–Trinajstić information content (AvgIpc) is 2.95. The Morgan fingerprint density at radius 1 is 1.35 bits per heavy atom. The van der Waals surface area contributed by atoms with Crippen molar-refractivity contribution in [2.24, 2.45) is 0 Å². The molecule has 1 heterocycles. The number of carbonyl (C=O) groups is 1. The van der Waals surface area contributed by atoms with E-state index in [0.29, 0.717) is 16.5 Å². The maximum atomic E-state index is 12.5. The lowest BCUT2D eigenvalue weighted by Gasteiger charge is -2.13. The van der Waals surface area contributed by atoms with E-state index in [-0.39, 0.29) is 18.0 Å². The van der Waals surface area contributed by atoms with Crippen LogP contribution < -0.4 is 10.9 Å². The van der Waals surface area contributed by atoms with Crippen LogP contribution in [0, 0.1) is 13.8 Å². The molecule has 1 N–H and O–H groups in total. The first kappa shape index (κ1) is 15.7. The van der Waals surface area contributed by atoms with Crippen molar-refractivity contribution in [2.45, 2.75) is 39.7 Å². The van der Waals surface area contributed by atoms with Gasteiger partial charge in [0, 0.05) is 16.3 Å². The molecule has 0 aliphatic heterocycles. The summed E-state index contributed by atoms with van der Waals surface area (Å²) in [6, 6.07) is 5.31. The second-order valence-corrected chi connectivity index (χ2v) is 6.27. The van der Waals surface area contributed by atoms with Crippen LogP contribution in [0.5, 0.6) is 0 Å². The Morgan fingerprint density at radius 3 is 2.91 bits per heavy atom. The molecule has 0 saturated heterocycles. The fourth-order valence-corrected chi connectivity index (χ4v) is 3.07. The van der Waals surface area contributed by atoms with E-state index in [1.807, 2.05) is 13.0 Å². The molecule has 1 amide bonds. The third-order valence-corrected chi connectivity index (χ3v) is 4.39. The van der Waals surface area contributed by atoms with E-state index in [0.717, 1.165) is 36.1 Å². The minimum atomic E-state index is -0.264. The summed E-state index contributed by atoms with van der Waals surface area (Å²) in [5.74, 6) is 0.314. The van der Waals surface area contributed by atoms with Crippen molar-refractivity contribution in [1.29, 1.82) is 0 Å². The summed E-state index contributed by atoms with van der Waals surface area (Å²) in [4.78, 5) is 29.3. The van der Waals surface area contributed by atoms with Gasteiger partial charge in [0.15, 0.2) is 0 Å². The zero-order valence-electron chi connectivity index (χ0n) is 13.1. The standard InChI is InChI=1S/C17H18ClN3O2/c1-10-6-7-12(18)8-15(10)20-16(22)9-21-11(2)19-14-5-3-4-13(14)17(21)23/h6-8H,3-5,9H2,1-2H3,(H,20,22). The summed E-state index contributed by atoms with van der Waals surface area (Å²) < 4.78 is 1.44. The highest BCUT2D eigenvalue weighted by atomic mass is 35.5. The number of nitrogens with one attached hydrogen (secondary N) is 1. The van der Waals surface area contributed by atoms with Crippen molar-refractivity contribution < 1.29 is 4.79 Å². The zero-order chi connectivity index (χ0) is 16.6. The van der Waals surface area contributed by atoms with E-state index in [4.69, 9.17) is 11.6 Å². The molecule has 0 fully saturated rings. The van der Waals surface area contributed by atoms with Crippen LogP contribution in [0.1, 0.15) is 29.1 Å². The smallest absolute Gasteiger partial charge is 0.257 e. The monoisotopic (exact) mass is 331 g/mol. The summed E-state index contributed by atoms with van der Waals surface area (Å²) >= 11 is 5.96. The van der Waals surface area contributed by atoms with Gasteiger partial charge >= 0.3 is 0 Å². The molecule has 2 aromatic rings. The second-order valence-electron chi connectivity index (χ2n) is 5.84. The van der Waals surface area contributed by atoms with Gasteiger partial charge in [0.05, 0.1) is 5.69 Å². The molecule has 3 rings (SSSR count). The van der Waals surface area contributed by atoms with E-state index >= 15 is 0 Å². The summed E-state index contributed by atoms with van der Waals surface area (Å²) in [5.41, 5.74) is 3.11. The number of anilines is 1. The third-order valence-electron chi connectivity index (χ3n) is 4.15. The first-order valence-corrected chi connectivity index (χ1v) is 7.98. The van der Waals surface area contributed by atoms with Crippen molar-refractivity contribution in [1.82, 2.24) is 9.55 Å². The predicted octanol–water partition coefficient (Wildman–Crippen LogP) is 2.64. The Hall–Kier alpha value is -2.14. The number of aromatic nitrogens is 2. The summed E-state index contributed by atoms with van der Waals surface area (Å²) in [6.07, 6.45) is 2.55. The van der Waals surface area contributed by atoms with Gasteiger partial charge in [0.2, 0.25) is 5.91 Å². The van der Waals surface area contributed by atoms with Crippen LogP contribution in [0.3, 0.4) is 0 Å². The molecule has 1 aliphatic carbocycles. The van der Waals surface area contributed by atoms with Crippen LogP contribution >= 0.6 is 11.6 Å². The SMILES string of the molecule is Cc1ccc(Cl)cc1NC(=O)Cn1c(C)nc2c(c1=O)CCC2. The fraction of sp³-hybridized carbons (Fsp3) is 0.353. The van der Waals surface area contributed by atoms with Gasteiger partial charge in [-0.2, -0.15) is 0 Å². The van der Waals surface area contributed by atoms with Crippen molar-refractivity contribution in [3.05, 3.63) is 56.2 Å². The number of amides is 1. The number of halogens is 1. The van der Waals surface area contributed by atoms with Crippen LogP contribution in [-0.4, -0.2) is 15.5 Å². The van der Waals surface area contributed by atoms with Gasteiger partial charge in [-0.25, -0.2) is 4.98 Å². The Morgan fingerprint density at radius 2 is 2.13 bits per heavy atom. The molecule has 0 saturated carbocycles. The van der Waals surface area contributed by atoms with E-state index in [1.165, 1.54) is 4.57 Å². The van der Waals surface area contributed by atoms with Crippen molar-refractivity contribution in [3.63, 3.8) is 0 Å². The highest BCUT2D eigenvalue weighted by molar-refractivity contribution is 6.31. The normalized spacial score (nSPS) is 13.0. The van der Waals surface area contributed by atoms with E-state index < -0.39 is 0 Å². The largest absolute Gasteiger partial charge is 0.324 e. The summed E-state index contributed by atoms with van der Waals surface area (Å²) in [7, 11) is 0. The lowest BCUT2D eigenvalue weighted by molar-refractivity contribution is -0.116. The lowest BCUT2D eigenvalue weighted by atomic mass is 10.2. The second kappa shape index (κ2) is 6.16. The molecular formula is C17H18ClN3O2. The highest BCUT2D eigenvalue weighted by Crippen LogP contribution is 2.20. The average molecular weight is 332 g/mol. The minimum absolute atomic E-state index is 0.0447. The quantitative estimate of drug-likeness (QED) is 0.940. The Kier molecular flexibility index (Phi) is 4.22. The van der Waals surface area contributed by atoms with Crippen LogP contribution in [0.15, 0.2) is 23.0 Å². The number of benzene rings is 1. The predicted molar refractivity (Wildman–Crippen MR) is 90.1 cm³/mol.